The standard InChI is InChI=1S/C17H20FNO/c1-4-19-11-14-9-12(2)6-8-16(14)20-17-10-13(3)5-7-15(17)18/h5-10,19H,4,11H2,1-3H3. The van der Waals surface area contributed by atoms with Gasteiger partial charge in [0, 0.05) is 12.1 Å². The summed E-state index contributed by atoms with van der Waals surface area (Å²) in [7, 11) is 0. The Morgan fingerprint density at radius 2 is 1.70 bits per heavy atom. The molecule has 1 N–H and O–H groups in total. The molecule has 2 aromatic rings. The van der Waals surface area contributed by atoms with E-state index >= 15 is 0 Å². The number of halogens is 1. The van der Waals surface area contributed by atoms with Gasteiger partial charge in [0.15, 0.2) is 11.6 Å². The van der Waals surface area contributed by atoms with Crippen molar-refractivity contribution in [1.82, 2.24) is 5.32 Å². The molecule has 0 radical (unpaired) electrons. The lowest BCUT2D eigenvalue weighted by Gasteiger charge is -2.13. The highest BCUT2D eigenvalue weighted by molar-refractivity contribution is 5.41. The van der Waals surface area contributed by atoms with E-state index in [-0.39, 0.29) is 11.6 Å². The van der Waals surface area contributed by atoms with Crippen LogP contribution in [0.15, 0.2) is 36.4 Å². The van der Waals surface area contributed by atoms with Gasteiger partial charge >= 0.3 is 0 Å². The van der Waals surface area contributed by atoms with E-state index in [1.807, 2.05) is 26.0 Å². The second kappa shape index (κ2) is 6.53. The minimum atomic E-state index is -0.342. The van der Waals surface area contributed by atoms with Crippen molar-refractivity contribution in [3.05, 3.63) is 58.9 Å². The van der Waals surface area contributed by atoms with Crippen molar-refractivity contribution in [3.63, 3.8) is 0 Å². The zero-order valence-electron chi connectivity index (χ0n) is 12.2. The summed E-state index contributed by atoms with van der Waals surface area (Å²) in [4.78, 5) is 0. The largest absolute Gasteiger partial charge is 0.454 e. The molecular formula is C17H20FNO. The zero-order valence-corrected chi connectivity index (χ0v) is 12.2. The predicted molar refractivity (Wildman–Crippen MR) is 79.8 cm³/mol. The maximum absolute atomic E-state index is 13.8. The van der Waals surface area contributed by atoms with Crippen molar-refractivity contribution in [2.75, 3.05) is 6.54 Å². The third-order valence-electron chi connectivity index (χ3n) is 3.09. The van der Waals surface area contributed by atoms with E-state index in [2.05, 4.69) is 18.3 Å². The summed E-state index contributed by atoms with van der Waals surface area (Å²) < 4.78 is 19.5. The predicted octanol–water partition coefficient (Wildman–Crippen LogP) is 4.34. The Hall–Kier alpha value is -1.87. The lowest BCUT2D eigenvalue weighted by molar-refractivity contribution is 0.435. The smallest absolute Gasteiger partial charge is 0.165 e. The Labute approximate surface area is 119 Å². The van der Waals surface area contributed by atoms with Crippen molar-refractivity contribution < 1.29 is 9.13 Å². The Morgan fingerprint density at radius 3 is 2.45 bits per heavy atom. The molecule has 0 aliphatic carbocycles. The Balaban J connectivity index is 2.30. The first-order valence-corrected chi connectivity index (χ1v) is 6.84. The fourth-order valence-corrected chi connectivity index (χ4v) is 2.01. The van der Waals surface area contributed by atoms with Crippen LogP contribution < -0.4 is 10.1 Å². The van der Waals surface area contributed by atoms with Gasteiger partial charge in [0.1, 0.15) is 5.75 Å². The van der Waals surface area contributed by atoms with Crippen LogP contribution in [-0.4, -0.2) is 6.54 Å². The molecule has 0 fully saturated rings. The number of hydrogen-bond donors (Lipinski definition) is 1. The van der Waals surface area contributed by atoms with Gasteiger partial charge in [-0.3, -0.25) is 0 Å². The molecule has 0 aliphatic heterocycles. The van der Waals surface area contributed by atoms with Gasteiger partial charge in [-0.05, 0) is 44.2 Å². The van der Waals surface area contributed by atoms with Crippen molar-refractivity contribution in [2.45, 2.75) is 27.3 Å². The average molecular weight is 273 g/mol. The van der Waals surface area contributed by atoms with Crippen LogP contribution in [0, 0.1) is 19.7 Å². The lowest BCUT2D eigenvalue weighted by atomic mass is 10.1. The van der Waals surface area contributed by atoms with Crippen LogP contribution in [0.5, 0.6) is 11.5 Å². The van der Waals surface area contributed by atoms with Gasteiger partial charge in [-0.2, -0.15) is 0 Å². The Kier molecular flexibility index (Phi) is 4.74. The molecule has 0 aliphatic rings. The molecule has 106 valence electrons. The van der Waals surface area contributed by atoms with E-state index in [1.165, 1.54) is 6.07 Å². The van der Waals surface area contributed by atoms with Gasteiger partial charge < -0.3 is 10.1 Å². The van der Waals surface area contributed by atoms with E-state index in [9.17, 15) is 4.39 Å². The minimum absolute atomic E-state index is 0.270. The molecule has 0 amide bonds. The number of ether oxygens (including phenoxy) is 1. The first-order valence-electron chi connectivity index (χ1n) is 6.84. The summed E-state index contributed by atoms with van der Waals surface area (Å²) in [5.41, 5.74) is 3.17. The first-order chi connectivity index (χ1) is 9.60. The molecule has 2 rings (SSSR count). The van der Waals surface area contributed by atoms with Crippen LogP contribution in [-0.2, 0) is 6.54 Å². The SMILES string of the molecule is CCNCc1cc(C)ccc1Oc1cc(C)ccc1F. The molecule has 0 atom stereocenters. The molecule has 2 aromatic carbocycles. The van der Waals surface area contributed by atoms with Crippen molar-refractivity contribution in [1.29, 1.82) is 0 Å². The van der Waals surface area contributed by atoms with Crippen LogP contribution in [0.1, 0.15) is 23.6 Å². The second-order valence-corrected chi connectivity index (χ2v) is 4.93. The molecule has 0 bridgehead atoms. The van der Waals surface area contributed by atoms with Gasteiger partial charge in [-0.1, -0.05) is 30.7 Å². The third kappa shape index (κ3) is 3.58. The fourth-order valence-electron chi connectivity index (χ4n) is 2.01. The summed E-state index contributed by atoms with van der Waals surface area (Å²) in [5, 5.41) is 3.27. The maximum Gasteiger partial charge on any atom is 0.165 e. The van der Waals surface area contributed by atoms with Crippen LogP contribution >= 0.6 is 0 Å². The molecular weight excluding hydrogens is 253 g/mol. The van der Waals surface area contributed by atoms with E-state index in [0.717, 1.165) is 23.2 Å². The third-order valence-corrected chi connectivity index (χ3v) is 3.09. The molecule has 0 unspecified atom stereocenters. The van der Waals surface area contributed by atoms with Gasteiger partial charge in [0.2, 0.25) is 0 Å². The molecule has 20 heavy (non-hydrogen) atoms. The highest BCUT2D eigenvalue weighted by Gasteiger charge is 2.09. The average Bonchev–Trinajstić information content (AvgIpc) is 2.43. The number of hydrogen-bond acceptors (Lipinski definition) is 2. The summed E-state index contributed by atoms with van der Waals surface area (Å²) in [5.74, 6) is 0.623. The van der Waals surface area contributed by atoms with Gasteiger partial charge in [-0.25, -0.2) is 4.39 Å². The highest BCUT2D eigenvalue weighted by Crippen LogP contribution is 2.29. The molecule has 0 heterocycles. The first kappa shape index (κ1) is 14.5. The van der Waals surface area contributed by atoms with E-state index in [0.29, 0.717) is 12.3 Å². The maximum atomic E-state index is 13.8. The van der Waals surface area contributed by atoms with E-state index in [1.54, 1.807) is 12.1 Å². The highest BCUT2D eigenvalue weighted by atomic mass is 19.1. The number of nitrogens with one attached hydrogen (secondary N) is 1. The lowest BCUT2D eigenvalue weighted by Crippen LogP contribution is -2.12. The van der Waals surface area contributed by atoms with E-state index < -0.39 is 0 Å². The summed E-state index contributed by atoms with van der Waals surface area (Å²) in [6.07, 6.45) is 0. The Morgan fingerprint density at radius 1 is 1.00 bits per heavy atom. The van der Waals surface area contributed by atoms with Gasteiger partial charge in [0.05, 0.1) is 0 Å². The topological polar surface area (TPSA) is 21.3 Å². The number of aryl methyl sites for hydroxylation is 2. The van der Waals surface area contributed by atoms with Crippen LogP contribution in [0.4, 0.5) is 4.39 Å². The van der Waals surface area contributed by atoms with Gasteiger partial charge in [0.25, 0.3) is 0 Å². The normalized spacial score (nSPS) is 10.6. The van der Waals surface area contributed by atoms with Gasteiger partial charge in [-0.15, -0.1) is 0 Å². The van der Waals surface area contributed by atoms with E-state index in [4.69, 9.17) is 4.74 Å². The summed E-state index contributed by atoms with van der Waals surface area (Å²) in [6, 6.07) is 10.8. The molecule has 2 nitrogen and oxygen atoms in total. The molecule has 3 heteroatoms. The monoisotopic (exact) mass is 273 g/mol. The van der Waals surface area contributed by atoms with Crippen LogP contribution in [0.2, 0.25) is 0 Å². The molecule has 0 aromatic heterocycles. The molecule has 0 saturated carbocycles. The fraction of sp³-hybridized carbons (Fsp3) is 0.294. The van der Waals surface area contributed by atoms with Crippen molar-refractivity contribution in [2.24, 2.45) is 0 Å². The van der Waals surface area contributed by atoms with Crippen LogP contribution in [0.3, 0.4) is 0 Å². The summed E-state index contributed by atoms with van der Waals surface area (Å²) >= 11 is 0. The second-order valence-electron chi connectivity index (χ2n) is 4.93. The minimum Gasteiger partial charge on any atom is -0.454 e. The Bertz CT molecular complexity index is 596. The van der Waals surface area contributed by atoms with Crippen molar-refractivity contribution >= 4 is 0 Å². The quantitative estimate of drug-likeness (QED) is 0.874. The summed E-state index contributed by atoms with van der Waals surface area (Å²) in [6.45, 7) is 7.59. The van der Waals surface area contributed by atoms with Crippen molar-refractivity contribution in [3.8, 4) is 11.5 Å². The number of benzene rings is 2. The van der Waals surface area contributed by atoms with Crippen LogP contribution in [0.25, 0.3) is 0 Å². The molecule has 0 spiro atoms. The molecule has 0 saturated heterocycles. The zero-order chi connectivity index (χ0) is 14.5. The number of rotatable bonds is 5.